The second kappa shape index (κ2) is 9.84. The van der Waals surface area contributed by atoms with Crippen molar-refractivity contribution in [1.29, 1.82) is 5.41 Å². The second-order valence-electron chi connectivity index (χ2n) is 5.38. The van der Waals surface area contributed by atoms with Gasteiger partial charge in [0.25, 0.3) is 5.91 Å². The van der Waals surface area contributed by atoms with Crippen molar-refractivity contribution in [3.05, 3.63) is 63.7 Å². The van der Waals surface area contributed by atoms with Gasteiger partial charge in [-0.05, 0) is 42.7 Å². The van der Waals surface area contributed by atoms with Crippen LogP contribution in [0.25, 0.3) is 0 Å². The van der Waals surface area contributed by atoms with Crippen LogP contribution in [0, 0.1) is 19.3 Å². The van der Waals surface area contributed by atoms with Gasteiger partial charge in [0.2, 0.25) is 0 Å². The van der Waals surface area contributed by atoms with E-state index < -0.39 is 5.91 Å². The van der Waals surface area contributed by atoms with Crippen molar-refractivity contribution in [3.8, 4) is 0 Å². The summed E-state index contributed by atoms with van der Waals surface area (Å²) < 4.78 is 0. The van der Waals surface area contributed by atoms with E-state index in [1.54, 1.807) is 19.2 Å². The first-order valence-electron chi connectivity index (χ1n) is 8.33. The van der Waals surface area contributed by atoms with E-state index in [-0.39, 0.29) is 5.71 Å². The number of anilines is 1. The van der Waals surface area contributed by atoms with Crippen LogP contribution in [-0.2, 0) is 11.3 Å². The van der Waals surface area contributed by atoms with E-state index in [1.165, 1.54) is 0 Å². The van der Waals surface area contributed by atoms with E-state index in [0.29, 0.717) is 17.1 Å². The predicted octanol–water partition coefficient (Wildman–Crippen LogP) is 4.71. The van der Waals surface area contributed by atoms with Gasteiger partial charge in [-0.25, -0.2) is 0 Å². The summed E-state index contributed by atoms with van der Waals surface area (Å²) in [6.07, 6.45) is 0. The van der Waals surface area contributed by atoms with E-state index in [1.807, 2.05) is 52.0 Å². The van der Waals surface area contributed by atoms with Gasteiger partial charge in [-0.1, -0.05) is 49.7 Å². The van der Waals surface area contributed by atoms with Crippen molar-refractivity contribution in [2.75, 3.05) is 12.4 Å². The quantitative estimate of drug-likeness (QED) is 0.677. The maximum Gasteiger partial charge on any atom is 0.270 e. The molecule has 0 heterocycles. The van der Waals surface area contributed by atoms with E-state index in [2.05, 4.69) is 10.6 Å². The Morgan fingerprint density at radius 3 is 2.16 bits per heavy atom. The lowest BCUT2D eigenvalue weighted by atomic mass is 9.97. The Bertz CT molecular complexity index is 739. The number of halogens is 1. The van der Waals surface area contributed by atoms with E-state index in [4.69, 9.17) is 17.0 Å². The van der Waals surface area contributed by atoms with E-state index in [0.717, 1.165) is 22.4 Å². The Labute approximate surface area is 155 Å². The molecular weight excluding hydrogens is 334 g/mol. The summed E-state index contributed by atoms with van der Waals surface area (Å²) in [5, 5.41) is 14.8. The van der Waals surface area contributed by atoms with Crippen LogP contribution in [0.1, 0.15) is 36.1 Å². The van der Waals surface area contributed by atoms with Crippen LogP contribution in [0.2, 0.25) is 5.02 Å². The summed E-state index contributed by atoms with van der Waals surface area (Å²) in [6.45, 7) is 8.21. The Morgan fingerprint density at radius 2 is 1.60 bits per heavy atom. The molecule has 0 bridgehead atoms. The third-order valence-electron chi connectivity index (χ3n) is 3.72. The van der Waals surface area contributed by atoms with Crippen molar-refractivity contribution in [1.82, 2.24) is 5.32 Å². The number of hydrogen-bond acceptors (Lipinski definition) is 3. The van der Waals surface area contributed by atoms with E-state index >= 15 is 0 Å². The highest BCUT2D eigenvalue weighted by molar-refractivity contribution is 6.45. The van der Waals surface area contributed by atoms with Crippen molar-refractivity contribution in [2.24, 2.45) is 0 Å². The van der Waals surface area contributed by atoms with Crippen molar-refractivity contribution in [2.45, 2.75) is 34.2 Å². The summed E-state index contributed by atoms with van der Waals surface area (Å²) in [5.74, 6) is -0.398. The highest BCUT2D eigenvalue weighted by Gasteiger charge is 2.18. The van der Waals surface area contributed by atoms with Gasteiger partial charge in [-0.15, -0.1) is 0 Å². The summed E-state index contributed by atoms with van der Waals surface area (Å²) in [7, 11) is 1.80. The summed E-state index contributed by atoms with van der Waals surface area (Å²) in [5.41, 5.74) is 4.25. The van der Waals surface area contributed by atoms with Crippen LogP contribution in [0.15, 0.2) is 36.4 Å². The molecule has 3 N–H and O–H groups in total. The molecule has 25 heavy (non-hydrogen) atoms. The first kappa shape index (κ1) is 20.7. The maximum atomic E-state index is 12.3. The zero-order chi connectivity index (χ0) is 19.0. The number of benzene rings is 2. The lowest BCUT2D eigenvalue weighted by Crippen LogP contribution is -2.31. The molecule has 0 unspecified atom stereocenters. The monoisotopic (exact) mass is 359 g/mol. The molecule has 5 heteroatoms. The highest BCUT2D eigenvalue weighted by atomic mass is 35.5. The zero-order valence-corrected chi connectivity index (χ0v) is 16.2. The normalized spacial score (nSPS) is 9.68. The molecule has 0 aliphatic rings. The Morgan fingerprint density at radius 1 is 1.04 bits per heavy atom. The van der Waals surface area contributed by atoms with Crippen molar-refractivity contribution < 1.29 is 4.79 Å². The van der Waals surface area contributed by atoms with Gasteiger partial charge in [-0.3, -0.25) is 10.2 Å². The van der Waals surface area contributed by atoms with Gasteiger partial charge in [0, 0.05) is 29.9 Å². The van der Waals surface area contributed by atoms with Gasteiger partial charge < -0.3 is 10.6 Å². The second-order valence-corrected chi connectivity index (χ2v) is 5.82. The first-order valence-corrected chi connectivity index (χ1v) is 8.71. The van der Waals surface area contributed by atoms with Crippen LogP contribution in [0.5, 0.6) is 0 Å². The molecule has 134 valence electrons. The van der Waals surface area contributed by atoms with Crippen LogP contribution in [0.4, 0.5) is 5.69 Å². The van der Waals surface area contributed by atoms with Crippen LogP contribution in [0.3, 0.4) is 0 Å². The number of amides is 1. The van der Waals surface area contributed by atoms with Crippen LogP contribution < -0.4 is 10.6 Å². The summed E-state index contributed by atoms with van der Waals surface area (Å²) in [4.78, 5) is 12.3. The zero-order valence-electron chi connectivity index (χ0n) is 15.5. The van der Waals surface area contributed by atoms with Gasteiger partial charge in [0.05, 0.1) is 0 Å². The minimum Gasteiger partial charge on any atom is -0.387 e. The number of carbonyl (C=O) groups excluding carboxylic acids is 1. The Hall–Kier alpha value is -2.33. The van der Waals surface area contributed by atoms with Crippen LogP contribution >= 0.6 is 11.6 Å². The number of nitrogens with one attached hydrogen (secondary N) is 3. The first-order chi connectivity index (χ1) is 11.9. The standard InChI is InChI=1S/C18H20ClN3O.C2H6/c1-11-4-5-12(2)17(21-3)15(11)16(20)18(23)22-10-13-6-8-14(19)9-7-13;1-2/h4-9,20-21H,10H2,1-3H3,(H,22,23);1-2H3. The minimum atomic E-state index is -0.398. The number of carbonyl (C=O) groups is 1. The van der Waals surface area contributed by atoms with Crippen molar-refractivity contribution in [3.63, 3.8) is 0 Å². The molecule has 0 atom stereocenters. The van der Waals surface area contributed by atoms with Crippen molar-refractivity contribution >= 4 is 28.9 Å². The molecule has 0 spiro atoms. The molecule has 0 aliphatic heterocycles. The molecule has 0 saturated heterocycles. The molecule has 2 aromatic rings. The lowest BCUT2D eigenvalue weighted by molar-refractivity contribution is -0.114. The van der Waals surface area contributed by atoms with Gasteiger partial charge >= 0.3 is 0 Å². The van der Waals surface area contributed by atoms with E-state index in [9.17, 15) is 4.79 Å². The largest absolute Gasteiger partial charge is 0.387 e. The SMILES string of the molecule is CC.CNc1c(C)ccc(C)c1C(=N)C(=O)NCc1ccc(Cl)cc1. The highest BCUT2D eigenvalue weighted by Crippen LogP contribution is 2.24. The Kier molecular flexibility index (Phi) is 8.16. The topological polar surface area (TPSA) is 65.0 Å². The summed E-state index contributed by atoms with van der Waals surface area (Å²) >= 11 is 5.84. The molecule has 2 aromatic carbocycles. The molecule has 0 aliphatic carbocycles. The molecule has 4 nitrogen and oxygen atoms in total. The fraction of sp³-hybridized carbons (Fsp3) is 0.300. The van der Waals surface area contributed by atoms with Gasteiger partial charge in [0.1, 0.15) is 5.71 Å². The average Bonchev–Trinajstić information content (AvgIpc) is 2.63. The maximum absolute atomic E-state index is 12.3. The fourth-order valence-electron chi connectivity index (χ4n) is 2.44. The van der Waals surface area contributed by atoms with Gasteiger partial charge in [-0.2, -0.15) is 0 Å². The number of rotatable bonds is 5. The lowest BCUT2D eigenvalue weighted by Gasteiger charge is -2.16. The Balaban J connectivity index is 0.00000151. The predicted molar refractivity (Wildman–Crippen MR) is 107 cm³/mol. The summed E-state index contributed by atoms with van der Waals surface area (Å²) in [6, 6.07) is 11.2. The molecule has 0 radical (unpaired) electrons. The van der Waals surface area contributed by atoms with Crippen LogP contribution in [-0.4, -0.2) is 18.7 Å². The number of aryl methyl sites for hydroxylation is 2. The molecule has 0 fully saturated rings. The molecule has 2 rings (SSSR count). The molecular formula is C20H26ClN3O. The molecule has 0 aromatic heterocycles. The average molecular weight is 360 g/mol. The van der Waals surface area contributed by atoms with Gasteiger partial charge in [0.15, 0.2) is 0 Å². The molecule has 0 saturated carbocycles. The fourth-order valence-corrected chi connectivity index (χ4v) is 2.57. The smallest absolute Gasteiger partial charge is 0.270 e. The molecule has 1 amide bonds. The number of hydrogen-bond donors (Lipinski definition) is 3. The third-order valence-corrected chi connectivity index (χ3v) is 3.97. The third kappa shape index (κ3) is 5.33. The minimum absolute atomic E-state index is 0.0375.